The van der Waals surface area contributed by atoms with E-state index >= 15 is 0 Å². The molecule has 2 aromatic rings. The van der Waals surface area contributed by atoms with Gasteiger partial charge >= 0.3 is 0 Å². The molecule has 2 aliphatic rings. The number of hydrogen-bond donors (Lipinski definition) is 1. The minimum absolute atomic E-state index is 0.0765. The number of piperidine rings is 1. The van der Waals surface area contributed by atoms with Crippen LogP contribution in [0.15, 0.2) is 42.5 Å². The molecule has 0 aliphatic carbocycles. The fourth-order valence-corrected chi connectivity index (χ4v) is 3.91. The highest BCUT2D eigenvalue weighted by molar-refractivity contribution is 5.92. The summed E-state index contributed by atoms with van der Waals surface area (Å²) < 4.78 is 19.3. The molecule has 0 spiro atoms. The first-order valence-electron chi connectivity index (χ1n) is 10.3. The zero-order valence-electron chi connectivity index (χ0n) is 16.5. The average molecular weight is 398 g/mol. The van der Waals surface area contributed by atoms with Crippen molar-refractivity contribution >= 4 is 11.7 Å². The van der Waals surface area contributed by atoms with Gasteiger partial charge in [-0.3, -0.25) is 4.79 Å². The Morgan fingerprint density at radius 3 is 2.90 bits per heavy atom. The van der Waals surface area contributed by atoms with Crippen LogP contribution in [0.4, 0.5) is 10.2 Å². The summed E-state index contributed by atoms with van der Waals surface area (Å²) >= 11 is 0. The van der Waals surface area contributed by atoms with Crippen molar-refractivity contribution in [2.24, 2.45) is 0 Å². The molecule has 4 rings (SSSR count). The number of carbonyl (C=O) groups excluding carboxylic acids is 1. The third kappa shape index (κ3) is 5.03. The van der Waals surface area contributed by atoms with Crippen molar-refractivity contribution in [3.05, 3.63) is 54.0 Å². The minimum Gasteiger partial charge on any atom is -0.488 e. The van der Waals surface area contributed by atoms with E-state index in [9.17, 15) is 9.18 Å². The quantitative estimate of drug-likeness (QED) is 0.858. The maximum atomic E-state index is 13.4. The number of nitrogens with zero attached hydrogens (tertiary/aromatic N) is 3. The standard InChI is InChI=1S/C22H27FN4O2/c23-17-5-1-6-18(15-17)29-19-7-3-12-27(16-19)22(28)20-8-2-9-21(25-20)26-13-4-10-24-11-14-26/h1-2,5-6,8-9,15,19,24H,3-4,7,10-14,16H2/t19-/m0/s1. The van der Waals surface area contributed by atoms with E-state index in [2.05, 4.69) is 15.2 Å². The van der Waals surface area contributed by atoms with Crippen LogP contribution >= 0.6 is 0 Å². The molecule has 154 valence electrons. The van der Waals surface area contributed by atoms with Gasteiger partial charge in [-0.05, 0) is 50.1 Å². The predicted octanol–water partition coefficient (Wildman–Crippen LogP) is 2.70. The van der Waals surface area contributed by atoms with E-state index in [-0.39, 0.29) is 17.8 Å². The van der Waals surface area contributed by atoms with Crippen LogP contribution in [0.25, 0.3) is 0 Å². The fourth-order valence-electron chi connectivity index (χ4n) is 3.91. The van der Waals surface area contributed by atoms with Gasteiger partial charge in [0.15, 0.2) is 0 Å². The zero-order chi connectivity index (χ0) is 20.1. The van der Waals surface area contributed by atoms with Crippen LogP contribution in [0.3, 0.4) is 0 Å². The molecule has 1 amide bonds. The Balaban J connectivity index is 1.42. The lowest BCUT2D eigenvalue weighted by Gasteiger charge is -2.33. The normalized spacial score (nSPS) is 20.2. The molecule has 1 aromatic heterocycles. The van der Waals surface area contributed by atoms with Crippen molar-refractivity contribution in [3.63, 3.8) is 0 Å². The van der Waals surface area contributed by atoms with Gasteiger partial charge in [0.2, 0.25) is 0 Å². The van der Waals surface area contributed by atoms with Crippen LogP contribution in [0.2, 0.25) is 0 Å². The first kappa shape index (κ1) is 19.6. The number of pyridine rings is 1. The summed E-state index contributed by atoms with van der Waals surface area (Å²) in [6.45, 7) is 4.92. The second-order valence-electron chi connectivity index (χ2n) is 7.56. The van der Waals surface area contributed by atoms with E-state index in [0.717, 1.165) is 51.3 Å². The summed E-state index contributed by atoms with van der Waals surface area (Å²) in [5, 5.41) is 3.38. The van der Waals surface area contributed by atoms with Crippen molar-refractivity contribution in [1.29, 1.82) is 0 Å². The molecule has 0 radical (unpaired) electrons. The number of halogens is 1. The molecule has 1 aromatic carbocycles. The number of ether oxygens (including phenoxy) is 1. The smallest absolute Gasteiger partial charge is 0.272 e. The highest BCUT2D eigenvalue weighted by atomic mass is 19.1. The Morgan fingerprint density at radius 1 is 1.10 bits per heavy atom. The molecular weight excluding hydrogens is 371 g/mol. The number of aromatic nitrogens is 1. The Morgan fingerprint density at radius 2 is 2.00 bits per heavy atom. The summed E-state index contributed by atoms with van der Waals surface area (Å²) in [6, 6.07) is 11.8. The number of likely N-dealkylation sites (tertiary alicyclic amines) is 1. The number of nitrogens with one attached hydrogen (secondary N) is 1. The van der Waals surface area contributed by atoms with Crippen LogP contribution < -0.4 is 15.0 Å². The third-order valence-electron chi connectivity index (χ3n) is 5.38. The third-order valence-corrected chi connectivity index (χ3v) is 5.38. The number of anilines is 1. The summed E-state index contributed by atoms with van der Waals surface area (Å²) in [7, 11) is 0. The van der Waals surface area contributed by atoms with Gasteiger partial charge in [0, 0.05) is 32.2 Å². The van der Waals surface area contributed by atoms with Crippen molar-refractivity contribution in [1.82, 2.24) is 15.2 Å². The van der Waals surface area contributed by atoms with Crippen LogP contribution in [0, 0.1) is 5.82 Å². The average Bonchev–Trinajstić information content (AvgIpc) is 3.03. The molecule has 7 heteroatoms. The SMILES string of the molecule is O=C(c1cccc(N2CCCNCC2)n1)N1CCC[C@H](Oc2cccc(F)c2)C1. The largest absolute Gasteiger partial charge is 0.488 e. The predicted molar refractivity (Wildman–Crippen MR) is 110 cm³/mol. The molecule has 3 heterocycles. The van der Waals surface area contributed by atoms with Gasteiger partial charge < -0.3 is 19.9 Å². The van der Waals surface area contributed by atoms with Gasteiger partial charge in [-0.25, -0.2) is 9.37 Å². The van der Waals surface area contributed by atoms with E-state index in [1.807, 2.05) is 12.1 Å². The molecule has 0 unspecified atom stereocenters. The van der Waals surface area contributed by atoms with Gasteiger partial charge in [-0.1, -0.05) is 12.1 Å². The van der Waals surface area contributed by atoms with E-state index in [4.69, 9.17) is 4.74 Å². The molecule has 0 bridgehead atoms. The van der Waals surface area contributed by atoms with Crippen LogP contribution in [0.5, 0.6) is 5.75 Å². The molecule has 1 N–H and O–H groups in total. The summed E-state index contributed by atoms with van der Waals surface area (Å²) in [4.78, 5) is 21.7. The molecule has 6 nitrogen and oxygen atoms in total. The van der Waals surface area contributed by atoms with E-state index in [0.29, 0.717) is 24.5 Å². The molecule has 2 fully saturated rings. The molecule has 1 atom stereocenters. The highest BCUT2D eigenvalue weighted by Gasteiger charge is 2.27. The Kier molecular flexibility index (Phi) is 6.24. The van der Waals surface area contributed by atoms with E-state index < -0.39 is 0 Å². The van der Waals surface area contributed by atoms with Gasteiger partial charge in [-0.15, -0.1) is 0 Å². The zero-order valence-corrected chi connectivity index (χ0v) is 16.5. The first-order valence-corrected chi connectivity index (χ1v) is 10.3. The van der Waals surface area contributed by atoms with Crippen LogP contribution in [-0.4, -0.2) is 61.2 Å². The summed E-state index contributed by atoms with van der Waals surface area (Å²) in [5.41, 5.74) is 0.464. The van der Waals surface area contributed by atoms with Crippen molar-refractivity contribution < 1.29 is 13.9 Å². The van der Waals surface area contributed by atoms with Crippen LogP contribution in [0.1, 0.15) is 29.8 Å². The van der Waals surface area contributed by atoms with Gasteiger partial charge in [0.25, 0.3) is 5.91 Å². The maximum Gasteiger partial charge on any atom is 0.272 e. The van der Waals surface area contributed by atoms with Gasteiger partial charge in [-0.2, -0.15) is 0 Å². The Labute approximate surface area is 170 Å². The number of amides is 1. The lowest BCUT2D eigenvalue weighted by Crippen LogP contribution is -2.44. The fraction of sp³-hybridized carbons (Fsp3) is 0.455. The van der Waals surface area contributed by atoms with Gasteiger partial charge in [0.1, 0.15) is 29.2 Å². The summed E-state index contributed by atoms with van der Waals surface area (Å²) in [5.74, 6) is 0.951. The Bertz CT molecular complexity index is 839. The highest BCUT2D eigenvalue weighted by Crippen LogP contribution is 2.21. The van der Waals surface area contributed by atoms with Crippen LogP contribution in [-0.2, 0) is 0 Å². The van der Waals surface area contributed by atoms with E-state index in [1.165, 1.54) is 12.1 Å². The lowest BCUT2D eigenvalue weighted by molar-refractivity contribution is 0.0532. The molecular formula is C22H27FN4O2. The van der Waals surface area contributed by atoms with Crippen molar-refractivity contribution in [2.75, 3.05) is 44.2 Å². The van der Waals surface area contributed by atoms with Crippen molar-refractivity contribution in [2.45, 2.75) is 25.4 Å². The second kappa shape index (κ2) is 9.22. The number of rotatable bonds is 4. The second-order valence-corrected chi connectivity index (χ2v) is 7.56. The molecule has 0 saturated carbocycles. The molecule has 2 aliphatic heterocycles. The number of benzene rings is 1. The number of carbonyl (C=O) groups is 1. The maximum absolute atomic E-state index is 13.4. The monoisotopic (exact) mass is 398 g/mol. The minimum atomic E-state index is -0.323. The van der Waals surface area contributed by atoms with Crippen molar-refractivity contribution in [3.8, 4) is 5.75 Å². The lowest BCUT2D eigenvalue weighted by atomic mass is 10.1. The first-order chi connectivity index (χ1) is 14.2. The topological polar surface area (TPSA) is 57.7 Å². The Hall–Kier alpha value is -2.67. The van der Waals surface area contributed by atoms with Gasteiger partial charge in [0.05, 0.1) is 6.54 Å². The molecule has 2 saturated heterocycles. The summed E-state index contributed by atoms with van der Waals surface area (Å²) in [6.07, 6.45) is 2.61. The number of hydrogen-bond acceptors (Lipinski definition) is 5. The van der Waals surface area contributed by atoms with E-state index in [1.54, 1.807) is 23.1 Å². The molecule has 29 heavy (non-hydrogen) atoms.